The van der Waals surface area contributed by atoms with E-state index in [9.17, 15) is 9.59 Å². The molecule has 6 heteroatoms. The predicted octanol–water partition coefficient (Wildman–Crippen LogP) is 0.729. The van der Waals surface area contributed by atoms with Gasteiger partial charge in [0.25, 0.3) is 0 Å². The number of nitrogens with zero attached hydrogens (tertiary/aromatic N) is 2. The molecular weight excluding hydrogens is 268 g/mol. The number of carbonyl (C=O) groups excluding carboxylic acids is 2. The van der Waals surface area contributed by atoms with Gasteiger partial charge in [0.1, 0.15) is 6.04 Å². The summed E-state index contributed by atoms with van der Waals surface area (Å²) in [6.45, 7) is 0.751. The van der Waals surface area contributed by atoms with Crippen LogP contribution < -0.4 is 10.6 Å². The summed E-state index contributed by atoms with van der Waals surface area (Å²) < 4.78 is 0. The summed E-state index contributed by atoms with van der Waals surface area (Å²) in [6.07, 6.45) is 1.59. The molecule has 0 spiro atoms. The third kappa shape index (κ3) is 4.29. The topological polar surface area (TPSA) is 85.2 Å². The van der Waals surface area contributed by atoms with E-state index in [0.29, 0.717) is 6.54 Å². The van der Waals surface area contributed by atoms with Gasteiger partial charge in [-0.2, -0.15) is 5.26 Å². The fourth-order valence-corrected chi connectivity index (χ4v) is 2.31. The second-order valence-corrected chi connectivity index (χ2v) is 4.89. The molecule has 2 amide bonds. The number of likely N-dealkylation sites (tertiary alicyclic amines) is 1. The molecule has 1 saturated heterocycles. The van der Waals surface area contributed by atoms with E-state index in [1.54, 1.807) is 17.0 Å². The first-order valence-electron chi connectivity index (χ1n) is 6.95. The lowest BCUT2D eigenvalue weighted by atomic mass is 10.2. The number of para-hydroxylation sites is 1. The largest absolute Gasteiger partial charge is 0.326 e. The molecule has 21 heavy (non-hydrogen) atoms. The molecule has 6 nitrogen and oxygen atoms in total. The Morgan fingerprint density at radius 3 is 2.76 bits per heavy atom. The van der Waals surface area contributed by atoms with Gasteiger partial charge in [-0.05, 0) is 25.0 Å². The monoisotopic (exact) mass is 286 g/mol. The van der Waals surface area contributed by atoms with Crippen molar-refractivity contribution in [3.05, 3.63) is 30.3 Å². The average Bonchev–Trinajstić information content (AvgIpc) is 2.96. The second-order valence-electron chi connectivity index (χ2n) is 4.89. The molecule has 0 saturated carbocycles. The molecule has 1 aliphatic heterocycles. The minimum atomic E-state index is -0.322. The third-order valence-electron chi connectivity index (χ3n) is 3.34. The normalized spacial score (nSPS) is 17.3. The zero-order valence-corrected chi connectivity index (χ0v) is 11.7. The molecule has 1 unspecified atom stereocenters. The highest BCUT2D eigenvalue weighted by atomic mass is 16.2. The number of hydrogen-bond donors (Lipinski definition) is 2. The highest BCUT2D eigenvalue weighted by Gasteiger charge is 2.27. The Bertz CT molecular complexity index is 538. The molecule has 0 radical (unpaired) electrons. The minimum absolute atomic E-state index is 0.0612. The summed E-state index contributed by atoms with van der Waals surface area (Å²) >= 11 is 0. The molecule has 1 heterocycles. The standard InChI is InChI=1S/C15H18N4O2/c16-9-13-7-4-8-19(13)15(21)11-17-10-14(20)18-12-5-2-1-3-6-12/h1-3,5-6,13,17H,4,7-8,10-11H2,(H,18,20). The van der Waals surface area contributed by atoms with Gasteiger partial charge in [0.15, 0.2) is 0 Å². The Labute approximate surface area is 123 Å². The van der Waals surface area contributed by atoms with Crippen molar-refractivity contribution in [2.24, 2.45) is 0 Å². The average molecular weight is 286 g/mol. The van der Waals surface area contributed by atoms with E-state index in [2.05, 4.69) is 16.7 Å². The van der Waals surface area contributed by atoms with Gasteiger partial charge in [-0.3, -0.25) is 14.9 Å². The van der Waals surface area contributed by atoms with Crippen LogP contribution in [0.4, 0.5) is 5.69 Å². The first kappa shape index (κ1) is 15.0. The Morgan fingerprint density at radius 2 is 2.05 bits per heavy atom. The second kappa shape index (κ2) is 7.41. The van der Waals surface area contributed by atoms with Crippen LogP contribution in [-0.4, -0.2) is 42.4 Å². The summed E-state index contributed by atoms with van der Waals surface area (Å²) in [5.74, 6) is -0.334. The van der Waals surface area contributed by atoms with E-state index in [-0.39, 0.29) is 30.9 Å². The van der Waals surface area contributed by atoms with Crippen molar-refractivity contribution >= 4 is 17.5 Å². The van der Waals surface area contributed by atoms with Crippen molar-refractivity contribution in [3.63, 3.8) is 0 Å². The van der Waals surface area contributed by atoms with Crippen LogP contribution in [0.1, 0.15) is 12.8 Å². The number of hydrogen-bond acceptors (Lipinski definition) is 4. The molecule has 1 aromatic carbocycles. The van der Waals surface area contributed by atoms with Gasteiger partial charge in [0.2, 0.25) is 11.8 Å². The maximum absolute atomic E-state index is 11.9. The van der Waals surface area contributed by atoms with Crippen LogP contribution in [0.3, 0.4) is 0 Å². The van der Waals surface area contributed by atoms with E-state index in [4.69, 9.17) is 5.26 Å². The maximum atomic E-state index is 11.9. The molecule has 1 atom stereocenters. The number of rotatable bonds is 5. The first-order chi connectivity index (χ1) is 10.2. The smallest absolute Gasteiger partial charge is 0.238 e. The van der Waals surface area contributed by atoms with Gasteiger partial charge in [-0.1, -0.05) is 18.2 Å². The van der Waals surface area contributed by atoms with Crippen LogP contribution in [0, 0.1) is 11.3 Å². The van der Waals surface area contributed by atoms with Crippen LogP contribution in [0.15, 0.2) is 30.3 Å². The van der Waals surface area contributed by atoms with Gasteiger partial charge in [-0.25, -0.2) is 0 Å². The van der Waals surface area contributed by atoms with Crippen molar-refractivity contribution < 1.29 is 9.59 Å². The van der Waals surface area contributed by atoms with Crippen LogP contribution in [0.5, 0.6) is 0 Å². The van der Waals surface area contributed by atoms with Crippen molar-refractivity contribution in [3.8, 4) is 6.07 Å². The lowest BCUT2D eigenvalue weighted by Crippen LogP contribution is -2.42. The predicted molar refractivity (Wildman–Crippen MR) is 78.3 cm³/mol. The number of nitriles is 1. The first-order valence-corrected chi connectivity index (χ1v) is 6.95. The molecule has 0 aromatic heterocycles. The lowest BCUT2D eigenvalue weighted by molar-refractivity contribution is -0.130. The Morgan fingerprint density at radius 1 is 1.29 bits per heavy atom. The molecule has 0 aliphatic carbocycles. The molecule has 1 fully saturated rings. The van der Waals surface area contributed by atoms with Crippen LogP contribution in [-0.2, 0) is 9.59 Å². The summed E-state index contributed by atoms with van der Waals surface area (Å²) in [4.78, 5) is 25.2. The molecular formula is C15H18N4O2. The Kier molecular flexibility index (Phi) is 5.29. The van der Waals surface area contributed by atoms with E-state index in [1.807, 2.05) is 18.2 Å². The van der Waals surface area contributed by atoms with E-state index in [1.165, 1.54) is 0 Å². The third-order valence-corrected chi connectivity index (χ3v) is 3.34. The molecule has 2 rings (SSSR count). The van der Waals surface area contributed by atoms with E-state index >= 15 is 0 Å². The van der Waals surface area contributed by atoms with Gasteiger partial charge >= 0.3 is 0 Å². The Balaban J connectivity index is 1.70. The summed E-state index contributed by atoms with van der Waals surface area (Å²) in [7, 11) is 0. The zero-order chi connectivity index (χ0) is 15.1. The van der Waals surface area contributed by atoms with E-state index in [0.717, 1.165) is 18.5 Å². The lowest BCUT2D eigenvalue weighted by Gasteiger charge is -2.19. The highest BCUT2D eigenvalue weighted by Crippen LogP contribution is 2.15. The van der Waals surface area contributed by atoms with Gasteiger partial charge in [-0.15, -0.1) is 0 Å². The molecule has 0 bridgehead atoms. The van der Waals surface area contributed by atoms with E-state index < -0.39 is 0 Å². The van der Waals surface area contributed by atoms with Crippen molar-refractivity contribution in [2.75, 3.05) is 25.0 Å². The zero-order valence-electron chi connectivity index (χ0n) is 11.7. The quantitative estimate of drug-likeness (QED) is 0.835. The number of benzene rings is 1. The summed E-state index contributed by atoms with van der Waals surface area (Å²) in [5.41, 5.74) is 0.722. The van der Waals surface area contributed by atoms with Gasteiger partial charge in [0, 0.05) is 12.2 Å². The molecule has 2 N–H and O–H groups in total. The fraction of sp³-hybridized carbons (Fsp3) is 0.400. The summed E-state index contributed by atoms with van der Waals surface area (Å²) in [5, 5.41) is 14.5. The fourth-order valence-electron chi connectivity index (χ4n) is 2.31. The summed E-state index contributed by atoms with van der Waals surface area (Å²) in [6, 6.07) is 10.9. The Hall–Kier alpha value is -2.39. The van der Waals surface area contributed by atoms with Crippen molar-refractivity contribution in [1.29, 1.82) is 5.26 Å². The number of anilines is 1. The van der Waals surface area contributed by atoms with Gasteiger partial charge in [0.05, 0.1) is 19.2 Å². The maximum Gasteiger partial charge on any atom is 0.238 e. The number of carbonyl (C=O) groups is 2. The van der Waals surface area contributed by atoms with Crippen molar-refractivity contribution in [2.45, 2.75) is 18.9 Å². The molecule has 1 aliphatic rings. The number of amides is 2. The SMILES string of the molecule is N#CC1CCCN1C(=O)CNCC(=O)Nc1ccccc1. The van der Waals surface area contributed by atoms with Gasteiger partial charge < -0.3 is 10.2 Å². The molecule has 110 valence electrons. The highest BCUT2D eigenvalue weighted by molar-refractivity contribution is 5.92. The van der Waals surface area contributed by atoms with Crippen LogP contribution in [0.2, 0.25) is 0 Å². The van der Waals surface area contributed by atoms with Crippen LogP contribution >= 0.6 is 0 Å². The van der Waals surface area contributed by atoms with Crippen LogP contribution in [0.25, 0.3) is 0 Å². The van der Waals surface area contributed by atoms with Crippen molar-refractivity contribution in [1.82, 2.24) is 10.2 Å². The molecule has 1 aromatic rings. The number of nitrogens with one attached hydrogen (secondary N) is 2. The minimum Gasteiger partial charge on any atom is -0.326 e.